The van der Waals surface area contributed by atoms with Crippen LogP contribution in [0.4, 0.5) is 4.39 Å². The lowest BCUT2D eigenvalue weighted by molar-refractivity contribution is -0.125. The van der Waals surface area contributed by atoms with Gasteiger partial charge < -0.3 is 15.9 Å². The Hall–Kier alpha value is -2.41. The second-order valence-electron chi connectivity index (χ2n) is 4.17. The summed E-state index contributed by atoms with van der Waals surface area (Å²) in [5, 5.41) is 9.99. The second-order valence-corrected chi connectivity index (χ2v) is 4.95. The van der Waals surface area contributed by atoms with Crippen LogP contribution in [0.15, 0.2) is 46.2 Å². The van der Waals surface area contributed by atoms with Crippen LogP contribution in [-0.4, -0.2) is 18.3 Å². The highest BCUT2D eigenvalue weighted by Crippen LogP contribution is 2.05. The molecule has 110 valence electrons. The molecule has 0 saturated carbocycles. The van der Waals surface area contributed by atoms with E-state index in [-0.39, 0.29) is 24.2 Å². The molecule has 0 bridgehead atoms. The van der Waals surface area contributed by atoms with Crippen LogP contribution in [0.5, 0.6) is 0 Å². The van der Waals surface area contributed by atoms with Gasteiger partial charge >= 0.3 is 0 Å². The molecule has 2 rings (SSSR count). The number of halogens is 1. The van der Waals surface area contributed by atoms with Gasteiger partial charge in [-0.3, -0.25) is 4.79 Å². The van der Waals surface area contributed by atoms with Crippen LogP contribution in [0.2, 0.25) is 0 Å². The van der Waals surface area contributed by atoms with Crippen LogP contribution in [0.3, 0.4) is 0 Å². The lowest BCUT2D eigenvalue weighted by atomic mass is 10.2. The van der Waals surface area contributed by atoms with E-state index in [1.54, 1.807) is 12.1 Å². The molecule has 0 radical (unpaired) electrons. The summed E-state index contributed by atoms with van der Waals surface area (Å²) in [7, 11) is 0. The number of thiophene rings is 1. The van der Waals surface area contributed by atoms with Crippen molar-refractivity contribution in [3.63, 3.8) is 0 Å². The standard InChI is InChI=1S/C14H14FN3O2S/c15-12-3-1-10(2-4-12)7-17-13(19)8-20-18-14(16)11-5-6-21-9-11/h1-6,9H,7-8H2,(H2,16,18)(H,17,19). The smallest absolute Gasteiger partial charge is 0.261 e. The van der Waals surface area contributed by atoms with Gasteiger partial charge in [0, 0.05) is 17.5 Å². The molecule has 0 unspecified atom stereocenters. The summed E-state index contributed by atoms with van der Waals surface area (Å²) in [6, 6.07) is 7.68. The maximum Gasteiger partial charge on any atom is 0.261 e. The highest BCUT2D eigenvalue weighted by molar-refractivity contribution is 7.08. The van der Waals surface area contributed by atoms with Gasteiger partial charge in [-0.05, 0) is 29.1 Å². The third kappa shape index (κ3) is 4.88. The first-order valence-corrected chi connectivity index (χ1v) is 7.08. The second kappa shape index (κ2) is 7.39. The monoisotopic (exact) mass is 307 g/mol. The van der Waals surface area contributed by atoms with Crippen molar-refractivity contribution in [2.24, 2.45) is 10.9 Å². The summed E-state index contributed by atoms with van der Waals surface area (Å²) in [6.45, 7) is 0.0677. The van der Waals surface area contributed by atoms with Crippen molar-refractivity contribution in [2.75, 3.05) is 6.61 Å². The molecule has 1 amide bonds. The third-order valence-electron chi connectivity index (χ3n) is 2.58. The predicted molar refractivity (Wildman–Crippen MR) is 79.2 cm³/mol. The van der Waals surface area contributed by atoms with E-state index < -0.39 is 0 Å². The zero-order valence-corrected chi connectivity index (χ0v) is 11.9. The molecule has 2 aromatic rings. The number of amides is 1. The van der Waals surface area contributed by atoms with Gasteiger partial charge in [0.25, 0.3) is 5.91 Å². The van der Waals surface area contributed by atoms with E-state index in [2.05, 4.69) is 10.5 Å². The molecule has 5 nitrogen and oxygen atoms in total. The number of carbonyl (C=O) groups is 1. The molecule has 1 heterocycles. The Morgan fingerprint density at radius 1 is 1.33 bits per heavy atom. The van der Waals surface area contributed by atoms with Crippen molar-refractivity contribution in [1.29, 1.82) is 0 Å². The minimum Gasteiger partial charge on any atom is -0.384 e. The zero-order chi connectivity index (χ0) is 15.1. The number of nitrogens with zero attached hydrogens (tertiary/aromatic N) is 1. The van der Waals surface area contributed by atoms with Gasteiger partial charge in [-0.1, -0.05) is 17.3 Å². The topological polar surface area (TPSA) is 76.7 Å². The number of hydrogen-bond donors (Lipinski definition) is 2. The number of rotatable bonds is 6. The highest BCUT2D eigenvalue weighted by atomic mass is 32.1. The fourth-order valence-electron chi connectivity index (χ4n) is 1.48. The van der Waals surface area contributed by atoms with Crippen LogP contribution in [0.1, 0.15) is 11.1 Å². The summed E-state index contributed by atoms with van der Waals surface area (Å²) >= 11 is 1.49. The lowest BCUT2D eigenvalue weighted by Gasteiger charge is -2.05. The number of nitrogens with two attached hydrogens (primary N) is 1. The minimum absolute atomic E-state index is 0.225. The van der Waals surface area contributed by atoms with Gasteiger partial charge in [-0.25, -0.2) is 4.39 Å². The molecule has 0 atom stereocenters. The molecule has 0 saturated heterocycles. The van der Waals surface area contributed by atoms with Crippen molar-refractivity contribution in [2.45, 2.75) is 6.54 Å². The van der Waals surface area contributed by atoms with E-state index >= 15 is 0 Å². The van der Waals surface area contributed by atoms with Gasteiger partial charge in [0.15, 0.2) is 12.4 Å². The predicted octanol–water partition coefficient (Wildman–Crippen LogP) is 1.84. The Kier molecular flexibility index (Phi) is 5.28. The molecule has 0 spiro atoms. The SMILES string of the molecule is N/C(=N/OCC(=O)NCc1ccc(F)cc1)c1ccsc1. The third-order valence-corrected chi connectivity index (χ3v) is 3.26. The van der Waals surface area contributed by atoms with Crippen molar-refractivity contribution < 1.29 is 14.0 Å². The number of nitrogens with one attached hydrogen (secondary N) is 1. The molecule has 1 aromatic carbocycles. The fourth-order valence-corrected chi connectivity index (χ4v) is 2.13. The van der Waals surface area contributed by atoms with E-state index in [1.165, 1.54) is 23.5 Å². The molecular formula is C14H14FN3O2S. The van der Waals surface area contributed by atoms with E-state index in [9.17, 15) is 9.18 Å². The molecule has 7 heteroatoms. The summed E-state index contributed by atoms with van der Waals surface area (Å²) < 4.78 is 12.7. The van der Waals surface area contributed by atoms with E-state index in [0.29, 0.717) is 6.54 Å². The highest BCUT2D eigenvalue weighted by Gasteiger charge is 2.03. The first-order chi connectivity index (χ1) is 10.1. The normalized spacial score (nSPS) is 11.2. The number of hydrogen-bond acceptors (Lipinski definition) is 4. The Balaban J connectivity index is 1.72. The van der Waals surface area contributed by atoms with Crippen LogP contribution in [0.25, 0.3) is 0 Å². The largest absolute Gasteiger partial charge is 0.384 e. The van der Waals surface area contributed by atoms with Gasteiger partial charge in [-0.2, -0.15) is 11.3 Å². The number of oxime groups is 1. The zero-order valence-electron chi connectivity index (χ0n) is 11.1. The summed E-state index contributed by atoms with van der Waals surface area (Å²) in [5.74, 6) is -0.421. The van der Waals surface area contributed by atoms with E-state index in [0.717, 1.165) is 11.1 Å². The number of amidine groups is 1. The molecule has 1 aromatic heterocycles. The first kappa shape index (κ1) is 15.0. The molecule has 3 N–H and O–H groups in total. The summed E-state index contributed by atoms with van der Waals surface area (Å²) in [4.78, 5) is 16.4. The Morgan fingerprint density at radius 3 is 2.76 bits per heavy atom. The average molecular weight is 307 g/mol. The van der Waals surface area contributed by atoms with Gasteiger partial charge in [-0.15, -0.1) is 0 Å². The summed E-state index contributed by atoms with van der Waals surface area (Å²) in [5.41, 5.74) is 7.22. The molecule has 0 aliphatic rings. The Bertz CT molecular complexity index is 612. The Morgan fingerprint density at radius 2 is 2.10 bits per heavy atom. The van der Waals surface area contributed by atoms with Crippen molar-refractivity contribution in [3.05, 3.63) is 58.0 Å². The number of benzene rings is 1. The van der Waals surface area contributed by atoms with Crippen molar-refractivity contribution in [3.8, 4) is 0 Å². The lowest BCUT2D eigenvalue weighted by Crippen LogP contribution is -2.27. The maximum atomic E-state index is 12.7. The van der Waals surface area contributed by atoms with E-state index in [1.807, 2.05) is 16.8 Å². The van der Waals surface area contributed by atoms with Crippen LogP contribution in [0, 0.1) is 5.82 Å². The summed E-state index contributed by atoms with van der Waals surface area (Å²) in [6.07, 6.45) is 0. The first-order valence-electron chi connectivity index (χ1n) is 6.14. The van der Waals surface area contributed by atoms with Crippen LogP contribution >= 0.6 is 11.3 Å². The Labute approximate surface area is 125 Å². The number of carbonyl (C=O) groups excluding carboxylic acids is 1. The fraction of sp³-hybridized carbons (Fsp3) is 0.143. The molecule has 0 fully saturated rings. The van der Waals surface area contributed by atoms with Crippen LogP contribution in [-0.2, 0) is 16.2 Å². The van der Waals surface area contributed by atoms with Gasteiger partial charge in [0.2, 0.25) is 0 Å². The average Bonchev–Trinajstić information content (AvgIpc) is 3.01. The molecule has 0 aliphatic heterocycles. The van der Waals surface area contributed by atoms with Gasteiger partial charge in [0.1, 0.15) is 5.82 Å². The molecule has 0 aliphatic carbocycles. The van der Waals surface area contributed by atoms with Gasteiger partial charge in [0.05, 0.1) is 0 Å². The van der Waals surface area contributed by atoms with E-state index in [4.69, 9.17) is 10.6 Å². The molecule has 21 heavy (non-hydrogen) atoms. The van der Waals surface area contributed by atoms with Crippen molar-refractivity contribution in [1.82, 2.24) is 5.32 Å². The van der Waals surface area contributed by atoms with Crippen molar-refractivity contribution >= 4 is 23.1 Å². The quantitative estimate of drug-likeness (QED) is 0.486. The molecular weight excluding hydrogens is 293 g/mol. The van der Waals surface area contributed by atoms with Crippen LogP contribution < -0.4 is 11.1 Å². The maximum absolute atomic E-state index is 12.7. The minimum atomic E-state index is -0.332.